The van der Waals surface area contributed by atoms with Gasteiger partial charge in [0.05, 0.1) is 0 Å². The van der Waals surface area contributed by atoms with Crippen LogP contribution in [0.15, 0.2) is 36.7 Å². The van der Waals surface area contributed by atoms with Crippen molar-refractivity contribution in [2.45, 2.75) is 25.4 Å². The number of carbonyl (C=O) groups excluding carboxylic acids is 1. The maximum absolute atomic E-state index is 13.1. The zero-order chi connectivity index (χ0) is 16.2. The van der Waals surface area contributed by atoms with Crippen molar-refractivity contribution in [2.75, 3.05) is 26.7 Å². The SMILES string of the molecule is C[C@@H]1CN(C)CCN1C(=O)[C@@H](Cc1ccccc1)n1cnnn1. The van der Waals surface area contributed by atoms with Crippen LogP contribution in [0.5, 0.6) is 0 Å². The van der Waals surface area contributed by atoms with Gasteiger partial charge in [-0.2, -0.15) is 0 Å². The summed E-state index contributed by atoms with van der Waals surface area (Å²) in [6.07, 6.45) is 2.11. The first-order chi connectivity index (χ1) is 11.1. The van der Waals surface area contributed by atoms with E-state index in [0.29, 0.717) is 6.42 Å². The number of tetrazole rings is 1. The molecule has 1 aliphatic heterocycles. The monoisotopic (exact) mass is 314 g/mol. The third-order valence-electron chi connectivity index (χ3n) is 4.35. The van der Waals surface area contributed by atoms with E-state index in [4.69, 9.17) is 0 Å². The number of likely N-dealkylation sites (N-methyl/N-ethyl adjacent to an activating group) is 1. The van der Waals surface area contributed by atoms with E-state index in [9.17, 15) is 4.79 Å². The van der Waals surface area contributed by atoms with E-state index in [2.05, 4.69) is 34.4 Å². The Hall–Kier alpha value is -2.28. The molecule has 2 aromatic rings. The molecule has 1 aromatic carbocycles. The zero-order valence-corrected chi connectivity index (χ0v) is 13.5. The van der Waals surface area contributed by atoms with Gasteiger partial charge in [-0.05, 0) is 30.0 Å². The number of amides is 1. The maximum Gasteiger partial charge on any atom is 0.248 e. The summed E-state index contributed by atoms with van der Waals surface area (Å²) in [6, 6.07) is 9.77. The molecular weight excluding hydrogens is 292 g/mol. The highest BCUT2D eigenvalue weighted by Crippen LogP contribution is 2.19. The molecule has 0 spiro atoms. The van der Waals surface area contributed by atoms with Crippen molar-refractivity contribution in [3.05, 3.63) is 42.2 Å². The Kier molecular flexibility index (Phi) is 4.66. The van der Waals surface area contributed by atoms with Crippen LogP contribution in [0.3, 0.4) is 0 Å². The second-order valence-corrected chi connectivity index (χ2v) is 6.14. The summed E-state index contributed by atoms with van der Waals surface area (Å²) < 4.78 is 1.57. The molecule has 2 heterocycles. The van der Waals surface area contributed by atoms with Gasteiger partial charge in [-0.15, -0.1) is 5.10 Å². The molecule has 0 unspecified atom stereocenters. The number of piperazine rings is 1. The minimum Gasteiger partial charge on any atom is -0.336 e. The van der Waals surface area contributed by atoms with Crippen LogP contribution in [0.4, 0.5) is 0 Å². The Morgan fingerprint density at radius 3 is 2.74 bits per heavy atom. The van der Waals surface area contributed by atoms with Gasteiger partial charge in [0, 0.05) is 32.1 Å². The molecule has 0 bridgehead atoms. The number of nitrogens with zero attached hydrogens (tertiary/aromatic N) is 6. The molecule has 0 radical (unpaired) electrons. The van der Waals surface area contributed by atoms with Gasteiger partial charge in [-0.25, -0.2) is 4.68 Å². The lowest BCUT2D eigenvalue weighted by atomic mass is 10.0. The summed E-state index contributed by atoms with van der Waals surface area (Å²) in [4.78, 5) is 17.3. The smallest absolute Gasteiger partial charge is 0.248 e. The van der Waals surface area contributed by atoms with Crippen molar-refractivity contribution in [3.63, 3.8) is 0 Å². The molecule has 1 amide bonds. The summed E-state index contributed by atoms with van der Waals surface area (Å²) in [7, 11) is 2.08. The third kappa shape index (κ3) is 3.56. The number of hydrogen-bond acceptors (Lipinski definition) is 5. The Balaban J connectivity index is 1.82. The number of hydrogen-bond donors (Lipinski definition) is 0. The van der Waals surface area contributed by atoms with E-state index in [-0.39, 0.29) is 11.9 Å². The quantitative estimate of drug-likeness (QED) is 0.827. The van der Waals surface area contributed by atoms with E-state index in [1.54, 1.807) is 4.68 Å². The Labute approximate surface area is 135 Å². The molecule has 2 atom stereocenters. The molecule has 23 heavy (non-hydrogen) atoms. The predicted octanol–water partition coefficient (Wildman–Crippen LogP) is 0.619. The van der Waals surface area contributed by atoms with Crippen molar-refractivity contribution in [2.24, 2.45) is 0 Å². The fraction of sp³-hybridized carbons (Fsp3) is 0.500. The maximum atomic E-state index is 13.1. The first-order valence-electron chi connectivity index (χ1n) is 7.90. The second kappa shape index (κ2) is 6.87. The highest BCUT2D eigenvalue weighted by Gasteiger charge is 2.32. The Bertz CT molecular complexity index is 629. The molecule has 122 valence electrons. The molecule has 0 N–H and O–H groups in total. The van der Waals surface area contributed by atoms with Crippen LogP contribution >= 0.6 is 0 Å². The van der Waals surface area contributed by atoms with Gasteiger partial charge in [0.1, 0.15) is 12.4 Å². The Morgan fingerprint density at radius 2 is 2.09 bits per heavy atom. The van der Waals surface area contributed by atoms with Crippen LogP contribution in [-0.4, -0.2) is 68.6 Å². The summed E-state index contributed by atoms with van der Waals surface area (Å²) in [5.74, 6) is 0.0850. The van der Waals surface area contributed by atoms with Crippen LogP contribution in [0.2, 0.25) is 0 Å². The minimum absolute atomic E-state index is 0.0850. The van der Waals surface area contributed by atoms with E-state index in [0.717, 1.165) is 25.2 Å². The molecule has 1 saturated heterocycles. The highest BCUT2D eigenvalue weighted by atomic mass is 16.2. The van der Waals surface area contributed by atoms with Gasteiger partial charge in [-0.1, -0.05) is 30.3 Å². The molecule has 1 aliphatic rings. The largest absolute Gasteiger partial charge is 0.336 e. The summed E-state index contributed by atoms with van der Waals surface area (Å²) >= 11 is 0. The van der Waals surface area contributed by atoms with Crippen LogP contribution in [0.1, 0.15) is 18.5 Å². The van der Waals surface area contributed by atoms with Gasteiger partial charge < -0.3 is 9.80 Å². The van der Waals surface area contributed by atoms with Gasteiger partial charge in [-0.3, -0.25) is 4.79 Å². The fourth-order valence-corrected chi connectivity index (χ4v) is 3.10. The molecule has 7 nitrogen and oxygen atoms in total. The first-order valence-corrected chi connectivity index (χ1v) is 7.90. The topological polar surface area (TPSA) is 67.2 Å². The Morgan fingerprint density at radius 1 is 1.30 bits per heavy atom. The normalized spacial score (nSPS) is 20.4. The van der Waals surface area contributed by atoms with E-state index < -0.39 is 6.04 Å². The molecular formula is C16H22N6O. The van der Waals surface area contributed by atoms with Gasteiger partial charge in [0.15, 0.2) is 0 Å². The number of rotatable bonds is 4. The van der Waals surface area contributed by atoms with Crippen molar-refractivity contribution < 1.29 is 4.79 Å². The number of aromatic nitrogens is 4. The van der Waals surface area contributed by atoms with Gasteiger partial charge in [0.2, 0.25) is 5.91 Å². The molecule has 0 aliphatic carbocycles. The average molecular weight is 314 g/mol. The standard InChI is InChI=1S/C16H22N6O/c1-13-11-20(2)8-9-21(13)16(23)15(22-12-17-18-19-22)10-14-6-4-3-5-7-14/h3-7,12-13,15H,8-11H2,1-2H3/t13-,15-/m1/s1. The third-order valence-corrected chi connectivity index (χ3v) is 4.35. The van der Waals surface area contributed by atoms with E-state index in [1.807, 2.05) is 35.2 Å². The van der Waals surface area contributed by atoms with Crippen molar-refractivity contribution in [3.8, 4) is 0 Å². The molecule has 1 aromatic heterocycles. The van der Waals surface area contributed by atoms with Crippen molar-refractivity contribution in [1.82, 2.24) is 30.0 Å². The van der Waals surface area contributed by atoms with Crippen LogP contribution in [0.25, 0.3) is 0 Å². The summed E-state index contributed by atoms with van der Waals surface area (Å²) in [5.41, 5.74) is 1.10. The van der Waals surface area contributed by atoms with Crippen molar-refractivity contribution >= 4 is 5.91 Å². The van der Waals surface area contributed by atoms with Crippen LogP contribution in [0, 0.1) is 0 Å². The lowest BCUT2D eigenvalue weighted by Gasteiger charge is -2.39. The van der Waals surface area contributed by atoms with E-state index in [1.165, 1.54) is 6.33 Å². The predicted molar refractivity (Wildman–Crippen MR) is 85.7 cm³/mol. The lowest BCUT2D eigenvalue weighted by Crippen LogP contribution is -2.54. The second-order valence-electron chi connectivity index (χ2n) is 6.14. The summed E-state index contributed by atoms with van der Waals surface area (Å²) in [5, 5.41) is 11.4. The molecule has 1 fully saturated rings. The number of benzene rings is 1. The van der Waals surface area contributed by atoms with Crippen LogP contribution in [-0.2, 0) is 11.2 Å². The highest BCUT2D eigenvalue weighted by molar-refractivity contribution is 5.81. The van der Waals surface area contributed by atoms with Crippen LogP contribution < -0.4 is 0 Å². The molecule has 0 saturated carbocycles. The van der Waals surface area contributed by atoms with Gasteiger partial charge in [0.25, 0.3) is 0 Å². The fourth-order valence-electron chi connectivity index (χ4n) is 3.10. The zero-order valence-electron chi connectivity index (χ0n) is 13.5. The number of carbonyl (C=O) groups is 1. The lowest BCUT2D eigenvalue weighted by molar-refractivity contribution is -0.139. The molecule has 7 heteroatoms. The van der Waals surface area contributed by atoms with E-state index >= 15 is 0 Å². The minimum atomic E-state index is -0.404. The molecule has 3 rings (SSSR count). The van der Waals surface area contributed by atoms with Crippen molar-refractivity contribution in [1.29, 1.82) is 0 Å². The average Bonchev–Trinajstić information content (AvgIpc) is 3.07. The van der Waals surface area contributed by atoms with Gasteiger partial charge >= 0.3 is 0 Å². The first kappa shape index (κ1) is 15.6. The summed E-state index contributed by atoms with van der Waals surface area (Å²) in [6.45, 7) is 4.61.